The van der Waals surface area contributed by atoms with Gasteiger partial charge in [-0.3, -0.25) is 9.59 Å². The zero-order valence-corrected chi connectivity index (χ0v) is 18.6. The third-order valence-corrected chi connectivity index (χ3v) is 6.37. The van der Waals surface area contributed by atoms with Crippen LogP contribution in [0.25, 0.3) is 6.08 Å². The van der Waals surface area contributed by atoms with Gasteiger partial charge in [0.2, 0.25) is 0 Å². The first kappa shape index (κ1) is 21.1. The number of ketones is 1. The van der Waals surface area contributed by atoms with Gasteiger partial charge < -0.3 is 4.90 Å². The number of hydrogen-bond donors (Lipinski definition) is 0. The molecular formula is C27H25NO2S. The monoisotopic (exact) mass is 427 g/mol. The number of benzene rings is 3. The summed E-state index contributed by atoms with van der Waals surface area (Å²) in [5.74, 6) is -0.668. The molecule has 1 saturated heterocycles. The van der Waals surface area contributed by atoms with Gasteiger partial charge in [0.15, 0.2) is 5.78 Å². The first-order chi connectivity index (χ1) is 15.0. The Morgan fingerprint density at radius 2 is 1.61 bits per heavy atom. The SMILES string of the molecule is CSc1ccc(C=C2C(=O)C(c3ccccc3)CN(Cc3ccc(C)cc3)C2=O)cc1. The third kappa shape index (κ3) is 4.80. The Labute approximate surface area is 187 Å². The maximum absolute atomic E-state index is 13.4. The molecule has 1 atom stereocenters. The Morgan fingerprint density at radius 1 is 0.935 bits per heavy atom. The highest BCUT2D eigenvalue weighted by Gasteiger charge is 2.37. The van der Waals surface area contributed by atoms with E-state index < -0.39 is 0 Å². The first-order valence-electron chi connectivity index (χ1n) is 10.3. The second kappa shape index (κ2) is 9.36. The van der Waals surface area contributed by atoms with Crippen molar-refractivity contribution >= 4 is 29.5 Å². The van der Waals surface area contributed by atoms with Crippen molar-refractivity contribution in [1.82, 2.24) is 4.90 Å². The molecule has 0 N–H and O–H groups in total. The predicted molar refractivity (Wildman–Crippen MR) is 127 cm³/mol. The number of piperidine rings is 1. The molecule has 0 saturated carbocycles. The van der Waals surface area contributed by atoms with E-state index in [4.69, 9.17) is 0 Å². The van der Waals surface area contributed by atoms with E-state index in [1.165, 1.54) is 5.56 Å². The molecule has 1 fully saturated rings. The number of nitrogens with zero attached hydrogens (tertiary/aromatic N) is 1. The predicted octanol–water partition coefficient (Wildman–Crippen LogP) is 5.50. The Morgan fingerprint density at radius 3 is 2.26 bits per heavy atom. The maximum atomic E-state index is 13.4. The van der Waals surface area contributed by atoms with E-state index in [-0.39, 0.29) is 23.2 Å². The molecule has 31 heavy (non-hydrogen) atoms. The Kier molecular flexibility index (Phi) is 6.38. The van der Waals surface area contributed by atoms with Gasteiger partial charge in [-0.15, -0.1) is 11.8 Å². The van der Waals surface area contributed by atoms with Gasteiger partial charge in [-0.2, -0.15) is 0 Å². The van der Waals surface area contributed by atoms with E-state index in [1.54, 1.807) is 22.7 Å². The van der Waals surface area contributed by atoms with Gasteiger partial charge in [0.05, 0.1) is 11.5 Å². The van der Waals surface area contributed by atoms with Crippen LogP contribution >= 0.6 is 11.8 Å². The molecular weight excluding hydrogens is 402 g/mol. The molecule has 0 aliphatic carbocycles. The van der Waals surface area contributed by atoms with E-state index >= 15 is 0 Å². The van der Waals surface area contributed by atoms with E-state index in [9.17, 15) is 9.59 Å². The van der Waals surface area contributed by atoms with Gasteiger partial charge in [0, 0.05) is 18.0 Å². The second-order valence-corrected chi connectivity index (χ2v) is 8.71. The fourth-order valence-electron chi connectivity index (χ4n) is 3.84. The molecule has 1 aliphatic heterocycles. The molecule has 0 radical (unpaired) electrons. The van der Waals surface area contributed by atoms with E-state index in [0.717, 1.165) is 21.6 Å². The molecule has 0 bridgehead atoms. The highest BCUT2D eigenvalue weighted by molar-refractivity contribution is 7.98. The number of Topliss-reactive ketones (excluding diaryl/α,β-unsaturated/α-hetero) is 1. The Hall–Kier alpha value is -3.11. The molecule has 156 valence electrons. The van der Waals surface area contributed by atoms with Crippen LogP contribution in [0, 0.1) is 6.92 Å². The molecule has 1 unspecified atom stereocenters. The minimum atomic E-state index is -0.360. The van der Waals surface area contributed by atoms with E-state index in [2.05, 4.69) is 0 Å². The van der Waals surface area contributed by atoms with E-state index in [0.29, 0.717) is 13.1 Å². The number of amides is 1. The van der Waals surface area contributed by atoms with Gasteiger partial charge in [0.25, 0.3) is 5.91 Å². The Bertz CT molecular complexity index is 1100. The van der Waals surface area contributed by atoms with Crippen LogP contribution in [0.3, 0.4) is 0 Å². The van der Waals surface area contributed by atoms with Crippen molar-refractivity contribution < 1.29 is 9.59 Å². The van der Waals surface area contributed by atoms with Crippen molar-refractivity contribution in [3.63, 3.8) is 0 Å². The fraction of sp³-hybridized carbons (Fsp3) is 0.185. The van der Waals surface area contributed by atoms with Crippen molar-refractivity contribution in [2.45, 2.75) is 24.3 Å². The van der Waals surface area contributed by atoms with Crippen molar-refractivity contribution in [2.24, 2.45) is 0 Å². The van der Waals surface area contributed by atoms with Gasteiger partial charge in [0.1, 0.15) is 0 Å². The maximum Gasteiger partial charge on any atom is 0.257 e. The Balaban J connectivity index is 1.70. The fourth-order valence-corrected chi connectivity index (χ4v) is 4.25. The molecule has 0 aromatic heterocycles. The molecule has 3 aromatic rings. The molecule has 0 spiro atoms. The summed E-state index contributed by atoms with van der Waals surface area (Å²) >= 11 is 1.66. The smallest absolute Gasteiger partial charge is 0.257 e. The average Bonchev–Trinajstić information content (AvgIpc) is 2.81. The van der Waals surface area contributed by atoms with E-state index in [1.807, 2.05) is 92.0 Å². The lowest BCUT2D eigenvalue weighted by atomic mass is 9.85. The van der Waals surface area contributed by atoms with Crippen LogP contribution in [-0.4, -0.2) is 29.4 Å². The summed E-state index contributed by atoms with van der Waals surface area (Å²) in [6.07, 6.45) is 3.76. The second-order valence-electron chi connectivity index (χ2n) is 7.83. The summed E-state index contributed by atoms with van der Waals surface area (Å²) in [4.78, 5) is 29.7. The normalized spacial score (nSPS) is 17.9. The molecule has 3 nitrogen and oxygen atoms in total. The van der Waals surface area contributed by atoms with Gasteiger partial charge in [-0.1, -0.05) is 72.3 Å². The van der Waals surface area contributed by atoms with Crippen LogP contribution in [0.2, 0.25) is 0 Å². The largest absolute Gasteiger partial charge is 0.333 e. The zero-order valence-electron chi connectivity index (χ0n) is 17.7. The number of thioether (sulfide) groups is 1. The summed E-state index contributed by atoms with van der Waals surface area (Å²) in [5.41, 5.74) is 4.30. The van der Waals surface area contributed by atoms with Crippen molar-refractivity contribution in [3.8, 4) is 0 Å². The molecule has 4 heteroatoms. The minimum absolute atomic E-state index is 0.106. The van der Waals surface area contributed by atoms with Crippen LogP contribution in [-0.2, 0) is 16.1 Å². The van der Waals surface area contributed by atoms with Crippen LogP contribution in [0.1, 0.15) is 28.2 Å². The zero-order chi connectivity index (χ0) is 21.8. The first-order valence-corrected chi connectivity index (χ1v) is 11.6. The van der Waals surface area contributed by atoms with Crippen LogP contribution < -0.4 is 0 Å². The van der Waals surface area contributed by atoms with Crippen molar-refractivity contribution in [2.75, 3.05) is 12.8 Å². The molecule has 4 rings (SSSR count). The van der Waals surface area contributed by atoms with Crippen LogP contribution in [0.5, 0.6) is 0 Å². The van der Waals surface area contributed by atoms with Crippen LogP contribution in [0.4, 0.5) is 0 Å². The summed E-state index contributed by atoms with van der Waals surface area (Å²) in [7, 11) is 0. The topological polar surface area (TPSA) is 37.4 Å². The highest BCUT2D eigenvalue weighted by atomic mass is 32.2. The number of carbonyl (C=O) groups excluding carboxylic acids is 2. The average molecular weight is 428 g/mol. The quantitative estimate of drug-likeness (QED) is 0.307. The molecule has 1 amide bonds. The number of likely N-dealkylation sites (tertiary alicyclic amines) is 1. The molecule has 3 aromatic carbocycles. The summed E-state index contributed by atoms with van der Waals surface area (Å²) in [5, 5.41) is 0. The standard InChI is InChI=1S/C27H25NO2S/c1-19-8-10-21(11-9-19)17-28-18-25(22-6-4-3-5-7-22)26(29)24(27(28)30)16-20-12-14-23(31-2)15-13-20/h3-16,25H,17-18H2,1-2H3. The molecule has 1 heterocycles. The highest BCUT2D eigenvalue weighted by Crippen LogP contribution is 2.30. The lowest BCUT2D eigenvalue weighted by Crippen LogP contribution is -2.45. The lowest BCUT2D eigenvalue weighted by Gasteiger charge is -2.33. The number of carbonyl (C=O) groups is 2. The summed E-state index contributed by atoms with van der Waals surface area (Å²) in [6.45, 7) is 2.92. The minimum Gasteiger partial charge on any atom is -0.333 e. The number of hydrogen-bond acceptors (Lipinski definition) is 3. The van der Waals surface area contributed by atoms with Crippen molar-refractivity contribution in [3.05, 3.63) is 107 Å². The van der Waals surface area contributed by atoms with Gasteiger partial charge in [-0.05, 0) is 48.1 Å². The summed E-state index contributed by atoms with van der Waals surface area (Å²) in [6, 6.07) is 25.9. The van der Waals surface area contributed by atoms with Crippen molar-refractivity contribution in [1.29, 1.82) is 0 Å². The summed E-state index contributed by atoms with van der Waals surface area (Å²) < 4.78 is 0. The van der Waals surface area contributed by atoms with Gasteiger partial charge in [-0.25, -0.2) is 0 Å². The van der Waals surface area contributed by atoms with Crippen LogP contribution in [0.15, 0.2) is 89.3 Å². The van der Waals surface area contributed by atoms with Gasteiger partial charge >= 0.3 is 0 Å². The lowest BCUT2D eigenvalue weighted by molar-refractivity contribution is -0.134. The third-order valence-electron chi connectivity index (χ3n) is 5.63. The number of rotatable bonds is 5. The number of aryl methyl sites for hydroxylation is 1. The molecule has 1 aliphatic rings.